The van der Waals surface area contributed by atoms with E-state index in [9.17, 15) is 0 Å². The number of hydrogen-bond donors (Lipinski definition) is 0. The Bertz CT molecular complexity index is 1050. The van der Waals surface area contributed by atoms with Crippen molar-refractivity contribution >= 4 is 11.2 Å². The summed E-state index contributed by atoms with van der Waals surface area (Å²) in [5.74, 6) is 1.36. The standard InChI is InChI=1S/C21H20N4O/c1-14-9-15(2)11-17(10-14)19-24-18-20(22-13-23-21(18)26-3)25(19)12-16-7-5-4-6-8-16/h4-11,13H,12H2,1-3H3. The Morgan fingerprint density at radius 3 is 2.38 bits per heavy atom. The summed E-state index contributed by atoms with van der Waals surface area (Å²) < 4.78 is 7.53. The number of benzene rings is 2. The largest absolute Gasteiger partial charge is 0.479 e. The number of rotatable bonds is 4. The van der Waals surface area contributed by atoms with Crippen LogP contribution >= 0.6 is 0 Å². The van der Waals surface area contributed by atoms with Crippen molar-refractivity contribution < 1.29 is 4.74 Å². The second kappa shape index (κ2) is 6.59. The zero-order valence-electron chi connectivity index (χ0n) is 15.1. The predicted molar refractivity (Wildman–Crippen MR) is 102 cm³/mol. The zero-order valence-corrected chi connectivity index (χ0v) is 15.1. The number of ether oxygens (including phenoxy) is 1. The smallest absolute Gasteiger partial charge is 0.245 e. The Hall–Kier alpha value is -3.21. The molecule has 0 radical (unpaired) electrons. The highest BCUT2D eigenvalue weighted by atomic mass is 16.5. The average molecular weight is 344 g/mol. The van der Waals surface area contributed by atoms with E-state index >= 15 is 0 Å². The van der Waals surface area contributed by atoms with Gasteiger partial charge in [0, 0.05) is 5.56 Å². The normalized spacial score (nSPS) is 11.0. The highest BCUT2D eigenvalue weighted by molar-refractivity contribution is 5.81. The molecule has 0 bridgehead atoms. The van der Waals surface area contributed by atoms with Crippen molar-refractivity contribution in [3.05, 3.63) is 71.5 Å². The maximum atomic E-state index is 5.40. The first-order valence-electron chi connectivity index (χ1n) is 8.53. The Morgan fingerprint density at radius 2 is 1.69 bits per heavy atom. The highest BCUT2D eigenvalue weighted by Crippen LogP contribution is 2.29. The lowest BCUT2D eigenvalue weighted by Gasteiger charge is -2.10. The summed E-state index contributed by atoms with van der Waals surface area (Å²) in [6, 6.07) is 16.8. The number of hydrogen-bond acceptors (Lipinski definition) is 4. The lowest BCUT2D eigenvalue weighted by molar-refractivity contribution is 0.401. The molecule has 0 N–H and O–H groups in total. The van der Waals surface area contributed by atoms with Crippen molar-refractivity contribution in [1.82, 2.24) is 19.5 Å². The van der Waals surface area contributed by atoms with E-state index in [4.69, 9.17) is 9.72 Å². The van der Waals surface area contributed by atoms with Crippen LogP contribution in [-0.2, 0) is 6.54 Å². The van der Waals surface area contributed by atoms with Gasteiger partial charge in [-0.3, -0.25) is 0 Å². The van der Waals surface area contributed by atoms with Crippen molar-refractivity contribution in [3.8, 4) is 17.3 Å². The molecule has 4 rings (SSSR count). The van der Waals surface area contributed by atoms with Gasteiger partial charge >= 0.3 is 0 Å². The van der Waals surface area contributed by atoms with Gasteiger partial charge in [0.25, 0.3) is 0 Å². The minimum atomic E-state index is 0.493. The topological polar surface area (TPSA) is 52.8 Å². The Labute approximate surface area is 152 Å². The van der Waals surface area contributed by atoms with E-state index in [0.717, 1.165) is 17.0 Å². The molecule has 0 amide bonds. The Kier molecular flexibility index (Phi) is 4.13. The molecule has 5 nitrogen and oxygen atoms in total. The first-order chi connectivity index (χ1) is 12.7. The number of aromatic nitrogens is 4. The summed E-state index contributed by atoms with van der Waals surface area (Å²) in [4.78, 5) is 13.5. The van der Waals surface area contributed by atoms with Crippen molar-refractivity contribution in [2.45, 2.75) is 20.4 Å². The number of imidazole rings is 1. The lowest BCUT2D eigenvalue weighted by atomic mass is 10.1. The van der Waals surface area contributed by atoms with Crippen LogP contribution in [-0.4, -0.2) is 26.6 Å². The van der Waals surface area contributed by atoms with Gasteiger partial charge in [0.2, 0.25) is 5.88 Å². The molecule has 0 unspecified atom stereocenters. The van der Waals surface area contributed by atoms with Crippen molar-refractivity contribution in [3.63, 3.8) is 0 Å². The SMILES string of the molecule is COc1ncnc2c1nc(-c1cc(C)cc(C)c1)n2Cc1ccccc1. The zero-order chi connectivity index (χ0) is 18.1. The molecule has 0 fully saturated rings. The predicted octanol–water partition coefficient (Wildman–Crippen LogP) is 4.17. The molecule has 0 saturated heterocycles. The number of methoxy groups -OCH3 is 1. The molecular formula is C21H20N4O. The minimum Gasteiger partial charge on any atom is -0.479 e. The van der Waals surface area contributed by atoms with Gasteiger partial charge in [0.05, 0.1) is 13.7 Å². The van der Waals surface area contributed by atoms with E-state index in [0.29, 0.717) is 17.9 Å². The van der Waals surface area contributed by atoms with Crippen LogP contribution in [0.1, 0.15) is 16.7 Å². The van der Waals surface area contributed by atoms with E-state index in [1.165, 1.54) is 23.0 Å². The van der Waals surface area contributed by atoms with Gasteiger partial charge in [-0.25, -0.2) is 9.97 Å². The molecule has 2 aromatic heterocycles. The summed E-state index contributed by atoms with van der Waals surface area (Å²) in [5, 5.41) is 0. The van der Waals surface area contributed by atoms with E-state index in [-0.39, 0.29) is 0 Å². The third kappa shape index (κ3) is 2.92. The van der Waals surface area contributed by atoms with Gasteiger partial charge in [-0.2, -0.15) is 4.98 Å². The summed E-state index contributed by atoms with van der Waals surface area (Å²) in [6.07, 6.45) is 1.52. The Morgan fingerprint density at radius 1 is 0.962 bits per heavy atom. The van der Waals surface area contributed by atoms with Crippen LogP contribution in [0.4, 0.5) is 0 Å². The molecule has 0 aliphatic rings. The fourth-order valence-corrected chi connectivity index (χ4v) is 3.31. The van der Waals surface area contributed by atoms with Crippen LogP contribution < -0.4 is 4.74 Å². The molecule has 2 heterocycles. The molecular weight excluding hydrogens is 324 g/mol. The summed E-state index contributed by atoms with van der Waals surface area (Å²) in [7, 11) is 1.61. The van der Waals surface area contributed by atoms with Crippen LogP contribution in [0.5, 0.6) is 5.88 Å². The molecule has 130 valence electrons. The van der Waals surface area contributed by atoms with E-state index in [1.54, 1.807) is 7.11 Å². The molecule has 0 saturated carbocycles. The summed E-state index contributed by atoms with van der Waals surface area (Å²) in [5.41, 5.74) is 6.12. The van der Waals surface area contributed by atoms with Crippen LogP contribution in [0.2, 0.25) is 0 Å². The quantitative estimate of drug-likeness (QED) is 0.558. The summed E-state index contributed by atoms with van der Waals surface area (Å²) in [6.45, 7) is 4.88. The first-order valence-corrected chi connectivity index (χ1v) is 8.53. The average Bonchev–Trinajstić information content (AvgIpc) is 3.00. The van der Waals surface area contributed by atoms with E-state index < -0.39 is 0 Å². The van der Waals surface area contributed by atoms with Crippen LogP contribution in [0.3, 0.4) is 0 Å². The lowest BCUT2D eigenvalue weighted by Crippen LogP contribution is -2.03. The Balaban J connectivity index is 1.97. The summed E-state index contributed by atoms with van der Waals surface area (Å²) >= 11 is 0. The van der Waals surface area contributed by atoms with Crippen LogP contribution in [0, 0.1) is 13.8 Å². The van der Waals surface area contributed by atoms with Crippen molar-refractivity contribution in [2.75, 3.05) is 7.11 Å². The van der Waals surface area contributed by atoms with Gasteiger partial charge in [-0.15, -0.1) is 0 Å². The molecule has 26 heavy (non-hydrogen) atoms. The minimum absolute atomic E-state index is 0.493. The molecule has 0 aliphatic heterocycles. The van der Waals surface area contributed by atoms with Crippen LogP contribution in [0.15, 0.2) is 54.9 Å². The number of nitrogens with zero attached hydrogens (tertiary/aromatic N) is 4. The maximum Gasteiger partial charge on any atom is 0.245 e. The monoisotopic (exact) mass is 344 g/mol. The van der Waals surface area contributed by atoms with E-state index in [1.807, 2.05) is 18.2 Å². The highest BCUT2D eigenvalue weighted by Gasteiger charge is 2.18. The van der Waals surface area contributed by atoms with Gasteiger partial charge in [-0.05, 0) is 31.5 Å². The van der Waals surface area contributed by atoms with Crippen LogP contribution in [0.25, 0.3) is 22.6 Å². The van der Waals surface area contributed by atoms with Gasteiger partial charge in [0.1, 0.15) is 12.2 Å². The molecule has 0 spiro atoms. The second-order valence-corrected chi connectivity index (χ2v) is 6.44. The van der Waals surface area contributed by atoms with Gasteiger partial charge in [-0.1, -0.05) is 47.5 Å². The third-order valence-electron chi connectivity index (χ3n) is 4.36. The van der Waals surface area contributed by atoms with Crippen molar-refractivity contribution in [2.24, 2.45) is 0 Å². The van der Waals surface area contributed by atoms with E-state index in [2.05, 4.69) is 58.7 Å². The van der Waals surface area contributed by atoms with Gasteiger partial charge < -0.3 is 9.30 Å². The molecule has 5 heteroatoms. The number of aryl methyl sites for hydroxylation is 2. The number of fused-ring (bicyclic) bond motifs is 1. The third-order valence-corrected chi connectivity index (χ3v) is 4.36. The maximum absolute atomic E-state index is 5.40. The fraction of sp³-hybridized carbons (Fsp3) is 0.190. The molecule has 2 aromatic carbocycles. The first kappa shape index (κ1) is 16.3. The molecule has 0 atom stereocenters. The fourth-order valence-electron chi connectivity index (χ4n) is 3.31. The van der Waals surface area contributed by atoms with Gasteiger partial charge in [0.15, 0.2) is 11.2 Å². The molecule has 0 aliphatic carbocycles. The van der Waals surface area contributed by atoms with Crippen molar-refractivity contribution in [1.29, 1.82) is 0 Å². The second-order valence-electron chi connectivity index (χ2n) is 6.44. The molecule has 4 aromatic rings.